The molecule has 2 aromatic carbocycles. The number of sulfonamides is 1. The van der Waals surface area contributed by atoms with Crippen LogP contribution in [-0.4, -0.2) is 26.9 Å². The van der Waals surface area contributed by atoms with Crippen LogP contribution in [0.5, 0.6) is 0 Å². The fourth-order valence-corrected chi connectivity index (χ4v) is 3.97. The third-order valence-electron chi connectivity index (χ3n) is 4.57. The van der Waals surface area contributed by atoms with E-state index in [0.29, 0.717) is 12.1 Å². The first kappa shape index (κ1) is 18.6. The van der Waals surface area contributed by atoms with Crippen LogP contribution in [0.3, 0.4) is 0 Å². The number of hydrogen-bond acceptors (Lipinski definition) is 3. The molecule has 3 rings (SSSR count). The van der Waals surface area contributed by atoms with Gasteiger partial charge >= 0.3 is 0 Å². The van der Waals surface area contributed by atoms with E-state index in [1.165, 1.54) is 12.1 Å². The van der Waals surface area contributed by atoms with E-state index in [0.717, 1.165) is 18.4 Å². The van der Waals surface area contributed by atoms with Crippen LogP contribution in [0.25, 0.3) is 0 Å². The molecule has 1 aliphatic rings. The Bertz CT molecular complexity index is 871. The Morgan fingerprint density at radius 2 is 1.65 bits per heavy atom. The highest BCUT2D eigenvalue weighted by Crippen LogP contribution is 2.23. The molecule has 0 heterocycles. The molecule has 1 fully saturated rings. The van der Waals surface area contributed by atoms with Gasteiger partial charge < -0.3 is 5.32 Å². The van der Waals surface area contributed by atoms with Gasteiger partial charge in [-0.15, -0.1) is 0 Å². The molecule has 0 radical (unpaired) electrons. The SMILES string of the molecule is CC(C)(CNC(=O)c1ccc(S(=O)(=O)NC2CC2)cc1)c1ccccc1. The van der Waals surface area contributed by atoms with Gasteiger partial charge in [-0.05, 0) is 42.7 Å². The third-order valence-corrected chi connectivity index (χ3v) is 6.11. The maximum atomic E-state index is 12.4. The summed E-state index contributed by atoms with van der Waals surface area (Å²) in [6.45, 7) is 4.63. The van der Waals surface area contributed by atoms with E-state index in [4.69, 9.17) is 0 Å². The van der Waals surface area contributed by atoms with Gasteiger partial charge in [-0.3, -0.25) is 4.79 Å². The van der Waals surface area contributed by atoms with Gasteiger partial charge in [0.15, 0.2) is 0 Å². The van der Waals surface area contributed by atoms with Crippen molar-refractivity contribution in [1.29, 1.82) is 0 Å². The maximum Gasteiger partial charge on any atom is 0.251 e. The van der Waals surface area contributed by atoms with E-state index in [1.54, 1.807) is 12.1 Å². The predicted molar refractivity (Wildman–Crippen MR) is 102 cm³/mol. The Morgan fingerprint density at radius 1 is 1.04 bits per heavy atom. The van der Waals surface area contributed by atoms with Crippen molar-refractivity contribution in [3.8, 4) is 0 Å². The van der Waals surface area contributed by atoms with Gasteiger partial charge in [0.25, 0.3) is 5.91 Å². The third kappa shape index (κ3) is 4.51. The molecular formula is C20H24N2O3S. The summed E-state index contributed by atoms with van der Waals surface area (Å²) in [5, 5.41) is 2.93. The van der Waals surface area contributed by atoms with E-state index < -0.39 is 10.0 Å². The number of benzene rings is 2. The first-order valence-electron chi connectivity index (χ1n) is 8.74. The summed E-state index contributed by atoms with van der Waals surface area (Å²) in [6.07, 6.45) is 1.77. The van der Waals surface area contributed by atoms with Crippen LogP contribution >= 0.6 is 0 Å². The summed E-state index contributed by atoms with van der Waals surface area (Å²) < 4.78 is 27.0. The Kier molecular flexibility index (Phi) is 5.16. The van der Waals surface area contributed by atoms with Crippen LogP contribution in [0.15, 0.2) is 59.5 Å². The summed E-state index contributed by atoms with van der Waals surface area (Å²) >= 11 is 0. The van der Waals surface area contributed by atoms with Gasteiger partial charge in [0.05, 0.1) is 4.90 Å². The topological polar surface area (TPSA) is 75.3 Å². The Balaban J connectivity index is 1.63. The maximum absolute atomic E-state index is 12.4. The Hall–Kier alpha value is -2.18. The number of carbonyl (C=O) groups excluding carboxylic acids is 1. The number of hydrogen-bond donors (Lipinski definition) is 2. The van der Waals surface area contributed by atoms with Crippen molar-refractivity contribution in [3.05, 3.63) is 65.7 Å². The van der Waals surface area contributed by atoms with Gasteiger partial charge in [0, 0.05) is 23.6 Å². The predicted octanol–water partition coefficient (Wildman–Crippen LogP) is 2.83. The van der Waals surface area contributed by atoms with E-state index in [2.05, 4.69) is 23.9 Å². The zero-order valence-electron chi connectivity index (χ0n) is 15.0. The molecule has 1 saturated carbocycles. The summed E-state index contributed by atoms with van der Waals surface area (Å²) in [4.78, 5) is 12.6. The van der Waals surface area contributed by atoms with Crippen molar-refractivity contribution in [2.45, 2.75) is 43.0 Å². The van der Waals surface area contributed by atoms with Crippen LogP contribution in [-0.2, 0) is 15.4 Å². The fraction of sp³-hybridized carbons (Fsp3) is 0.350. The van der Waals surface area contributed by atoms with E-state index in [1.807, 2.05) is 30.3 Å². The lowest BCUT2D eigenvalue weighted by atomic mass is 9.84. The van der Waals surface area contributed by atoms with Crippen LogP contribution in [0.2, 0.25) is 0 Å². The largest absolute Gasteiger partial charge is 0.351 e. The molecule has 6 heteroatoms. The lowest BCUT2D eigenvalue weighted by Gasteiger charge is -2.25. The molecular weight excluding hydrogens is 348 g/mol. The second-order valence-corrected chi connectivity index (χ2v) is 9.07. The van der Waals surface area contributed by atoms with Gasteiger partial charge in [-0.25, -0.2) is 13.1 Å². The van der Waals surface area contributed by atoms with Crippen LogP contribution in [0, 0.1) is 0 Å². The molecule has 0 saturated heterocycles. The second-order valence-electron chi connectivity index (χ2n) is 7.35. The van der Waals surface area contributed by atoms with E-state index in [9.17, 15) is 13.2 Å². The zero-order valence-corrected chi connectivity index (χ0v) is 15.8. The lowest BCUT2D eigenvalue weighted by molar-refractivity contribution is 0.0945. The monoisotopic (exact) mass is 372 g/mol. The molecule has 5 nitrogen and oxygen atoms in total. The van der Waals surface area contributed by atoms with E-state index in [-0.39, 0.29) is 22.3 Å². The molecule has 1 amide bonds. The van der Waals surface area contributed by atoms with Crippen LogP contribution in [0.4, 0.5) is 0 Å². The van der Waals surface area contributed by atoms with Gasteiger partial charge in [0.2, 0.25) is 10.0 Å². The smallest absolute Gasteiger partial charge is 0.251 e. The fourth-order valence-electron chi connectivity index (χ4n) is 2.67. The quantitative estimate of drug-likeness (QED) is 0.785. The molecule has 0 bridgehead atoms. The highest BCUT2D eigenvalue weighted by Gasteiger charge is 2.28. The van der Waals surface area contributed by atoms with Crippen molar-refractivity contribution in [2.24, 2.45) is 0 Å². The Morgan fingerprint density at radius 3 is 2.23 bits per heavy atom. The van der Waals surface area contributed by atoms with Crippen molar-refractivity contribution in [1.82, 2.24) is 10.0 Å². The average Bonchev–Trinajstić information content (AvgIpc) is 3.44. The molecule has 0 spiro atoms. The van der Waals surface area contributed by atoms with Crippen molar-refractivity contribution < 1.29 is 13.2 Å². The summed E-state index contributed by atoms with van der Waals surface area (Å²) in [6, 6.07) is 16.1. The second kappa shape index (κ2) is 7.21. The van der Waals surface area contributed by atoms with Crippen molar-refractivity contribution in [2.75, 3.05) is 6.54 Å². The molecule has 0 atom stereocenters. The number of amides is 1. The first-order valence-corrected chi connectivity index (χ1v) is 10.2. The summed E-state index contributed by atoms with van der Waals surface area (Å²) in [7, 11) is -3.49. The minimum Gasteiger partial charge on any atom is -0.351 e. The van der Waals surface area contributed by atoms with Gasteiger partial charge in [-0.2, -0.15) is 0 Å². The molecule has 2 aromatic rings. The van der Waals surface area contributed by atoms with E-state index >= 15 is 0 Å². The van der Waals surface area contributed by atoms with Crippen LogP contribution < -0.4 is 10.0 Å². The normalized spacial score (nSPS) is 14.8. The number of carbonyl (C=O) groups is 1. The van der Waals surface area contributed by atoms with Crippen molar-refractivity contribution in [3.63, 3.8) is 0 Å². The first-order chi connectivity index (χ1) is 12.3. The van der Waals surface area contributed by atoms with Gasteiger partial charge in [-0.1, -0.05) is 44.2 Å². The van der Waals surface area contributed by atoms with Crippen LogP contribution in [0.1, 0.15) is 42.6 Å². The standard InChI is InChI=1S/C20H24N2O3S/c1-20(2,16-6-4-3-5-7-16)14-21-19(23)15-8-12-18(13-9-15)26(24,25)22-17-10-11-17/h3-9,12-13,17,22H,10-11,14H2,1-2H3,(H,21,23). The molecule has 26 heavy (non-hydrogen) atoms. The average molecular weight is 372 g/mol. The van der Waals surface area contributed by atoms with Crippen molar-refractivity contribution >= 4 is 15.9 Å². The minimum atomic E-state index is -3.49. The molecule has 138 valence electrons. The number of nitrogens with one attached hydrogen (secondary N) is 2. The molecule has 0 aliphatic heterocycles. The summed E-state index contributed by atoms with van der Waals surface area (Å²) in [5.74, 6) is -0.215. The molecule has 2 N–H and O–H groups in total. The molecule has 0 unspecified atom stereocenters. The lowest BCUT2D eigenvalue weighted by Crippen LogP contribution is -2.36. The minimum absolute atomic E-state index is 0.0585. The number of rotatable bonds is 7. The van der Waals surface area contributed by atoms with Gasteiger partial charge in [0.1, 0.15) is 0 Å². The highest BCUT2D eigenvalue weighted by atomic mass is 32.2. The zero-order chi connectivity index (χ0) is 18.8. The highest BCUT2D eigenvalue weighted by molar-refractivity contribution is 7.89. The molecule has 1 aliphatic carbocycles. The Labute approximate surface area is 154 Å². The summed E-state index contributed by atoms with van der Waals surface area (Å²) in [5.41, 5.74) is 1.39. The molecule has 0 aromatic heterocycles.